The van der Waals surface area contributed by atoms with E-state index in [1.54, 1.807) is 18.4 Å². The van der Waals surface area contributed by atoms with Gasteiger partial charge in [-0.2, -0.15) is 0 Å². The average molecular weight is 224 g/mol. The topological polar surface area (TPSA) is 29.5 Å². The molecule has 0 radical (unpaired) electrons. The molecule has 1 N–H and O–H groups in total. The molecular formula is C12H16O2S. The van der Waals surface area contributed by atoms with Crippen LogP contribution in [0.2, 0.25) is 0 Å². The third kappa shape index (κ3) is 2.41. The molecule has 1 aliphatic carbocycles. The summed E-state index contributed by atoms with van der Waals surface area (Å²) in [6.07, 6.45) is 6.35. The van der Waals surface area contributed by atoms with Gasteiger partial charge in [0.1, 0.15) is 11.9 Å². The number of hydrogen-bond donors (Lipinski definition) is 1. The monoisotopic (exact) mass is 224 g/mol. The van der Waals surface area contributed by atoms with Crippen LogP contribution in [0.5, 0.6) is 5.75 Å². The Labute approximate surface area is 94.2 Å². The number of rotatable bonds is 3. The maximum Gasteiger partial charge on any atom is 0.129 e. The van der Waals surface area contributed by atoms with E-state index < -0.39 is 6.10 Å². The van der Waals surface area contributed by atoms with Gasteiger partial charge in [-0.3, -0.25) is 0 Å². The maximum atomic E-state index is 10.1. The SMILES string of the molecule is COc1csc(C(O)C2=CCCCC2)c1. The van der Waals surface area contributed by atoms with E-state index in [1.807, 2.05) is 11.4 Å². The zero-order valence-corrected chi connectivity index (χ0v) is 9.72. The Morgan fingerprint density at radius 3 is 2.93 bits per heavy atom. The van der Waals surface area contributed by atoms with Crippen LogP contribution in [0.1, 0.15) is 36.7 Å². The lowest BCUT2D eigenvalue weighted by Gasteiger charge is -2.17. The number of methoxy groups -OCH3 is 1. The predicted octanol–water partition coefficient (Wildman–Crippen LogP) is 3.29. The molecule has 0 aromatic carbocycles. The Morgan fingerprint density at radius 2 is 2.33 bits per heavy atom. The summed E-state index contributed by atoms with van der Waals surface area (Å²) in [4.78, 5) is 0.986. The van der Waals surface area contributed by atoms with Crippen LogP contribution < -0.4 is 4.74 Å². The maximum absolute atomic E-state index is 10.1. The minimum absolute atomic E-state index is 0.417. The molecule has 0 saturated heterocycles. The number of aliphatic hydroxyl groups excluding tert-OH is 1. The third-order valence-corrected chi connectivity index (χ3v) is 3.74. The Hall–Kier alpha value is -0.800. The van der Waals surface area contributed by atoms with Gasteiger partial charge in [0, 0.05) is 10.3 Å². The fourth-order valence-corrected chi connectivity index (χ4v) is 2.76. The predicted molar refractivity (Wildman–Crippen MR) is 62.4 cm³/mol. The molecule has 3 heteroatoms. The van der Waals surface area contributed by atoms with Crippen molar-refractivity contribution in [3.63, 3.8) is 0 Å². The van der Waals surface area contributed by atoms with Crippen molar-refractivity contribution in [3.05, 3.63) is 28.0 Å². The largest absolute Gasteiger partial charge is 0.496 e. The van der Waals surface area contributed by atoms with Gasteiger partial charge in [-0.15, -0.1) is 11.3 Å². The van der Waals surface area contributed by atoms with Crippen molar-refractivity contribution in [1.29, 1.82) is 0 Å². The van der Waals surface area contributed by atoms with Gasteiger partial charge in [0.2, 0.25) is 0 Å². The molecule has 15 heavy (non-hydrogen) atoms. The quantitative estimate of drug-likeness (QED) is 0.798. The van der Waals surface area contributed by atoms with E-state index in [0.29, 0.717) is 0 Å². The fourth-order valence-electron chi connectivity index (χ4n) is 1.88. The van der Waals surface area contributed by atoms with Crippen molar-refractivity contribution >= 4 is 11.3 Å². The number of hydrogen-bond acceptors (Lipinski definition) is 3. The van der Waals surface area contributed by atoms with E-state index in [0.717, 1.165) is 23.5 Å². The standard InChI is InChI=1S/C12H16O2S/c1-14-10-7-11(15-8-10)12(13)9-5-3-2-4-6-9/h5,7-8,12-13H,2-4,6H2,1H3. The number of ether oxygens (including phenoxy) is 1. The zero-order chi connectivity index (χ0) is 10.7. The zero-order valence-electron chi connectivity index (χ0n) is 8.90. The first-order chi connectivity index (χ1) is 7.31. The number of allylic oxidation sites excluding steroid dienone is 1. The molecule has 1 heterocycles. The van der Waals surface area contributed by atoms with Crippen LogP contribution in [0.3, 0.4) is 0 Å². The molecule has 0 bridgehead atoms. The summed E-state index contributed by atoms with van der Waals surface area (Å²) in [7, 11) is 1.65. The number of aliphatic hydroxyl groups is 1. The molecule has 1 atom stereocenters. The second kappa shape index (κ2) is 4.81. The molecule has 1 aliphatic rings. The van der Waals surface area contributed by atoms with Gasteiger partial charge in [-0.25, -0.2) is 0 Å². The van der Waals surface area contributed by atoms with Crippen LogP contribution in [0.25, 0.3) is 0 Å². The molecular weight excluding hydrogens is 208 g/mol. The van der Waals surface area contributed by atoms with Crippen LogP contribution in [0.15, 0.2) is 23.1 Å². The first-order valence-electron chi connectivity index (χ1n) is 5.30. The van der Waals surface area contributed by atoms with Crippen LogP contribution in [0, 0.1) is 0 Å². The van der Waals surface area contributed by atoms with Gasteiger partial charge in [-0.1, -0.05) is 6.08 Å². The van der Waals surface area contributed by atoms with Crippen LogP contribution in [0.4, 0.5) is 0 Å². The van der Waals surface area contributed by atoms with Crippen molar-refractivity contribution in [2.75, 3.05) is 7.11 Å². The highest BCUT2D eigenvalue weighted by atomic mass is 32.1. The molecule has 0 amide bonds. The summed E-state index contributed by atoms with van der Waals surface area (Å²) in [5.41, 5.74) is 1.17. The molecule has 0 saturated carbocycles. The fraction of sp³-hybridized carbons (Fsp3) is 0.500. The van der Waals surface area contributed by atoms with Crippen LogP contribution in [-0.2, 0) is 0 Å². The van der Waals surface area contributed by atoms with Gasteiger partial charge < -0.3 is 9.84 Å². The minimum atomic E-state index is -0.417. The van der Waals surface area contributed by atoms with Gasteiger partial charge in [0.05, 0.1) is 7.11 Å². The van der Waals surface area contributed by atoms with Gasteiger partial charge in [0.15, 0.2) is 0 Å². The Bertz CT molecular complexity index is 354. The summed E-state index contributed by atoms with van der Waals surface area (Å²) in [6, 6.07) is 1.92. The summed E-state index contributed by atoms with van der Waals surface area (Å²) in [5, 5.41) is 12.1. The molecule has 1 unspecified atom stereocenters. The van der Waals surface area contributed by atoms with Crippen LogP contribution in [-0.4, -0.2) is 12.2 Å². The van der Waals surface area contributed by atoms with E-state index in [-0.39, 0.29) is 0 Å². The molecule has 82 valence electrons. The van der Waals surface area contributed by atoms with Crippen molar-refractivity contribution in [2.24, 2.45) is 0 Å². The van der Waals surface area contributed by atoms with E-state index >= 15 is 0 Å². The molecule has 1 aromatic heterocycles. The van der Waals surface area contributed by atoms with E-state index in [1.165, 1.54) is 18.4 Å². The summed E-state index contributed by atoms with van der Waals surface area (Å²) in [6.45, 7) is 0. The second-order valence-electron chi connectivity index (χ2n) is 3.82. The van der Waals surface area contributed by atoms with E-state index in [2.05, 4.69) is 6.08 Å². The molecule has 1 aromatic rings. The van der Waals surface area contributed by atoms with Gasteiger partial charge in [-0.05, 0) is 37.3 Å². The lowest BCUT2D eigenvalue weighted by atomic mass is 9.95. The Morgan fingerprint density at radius 1 is 1.47 bits per heavy atom. The lowest BCUT2D eigenvalue weighted by Crippen LogP contribution is -2.02. The lowest BCUT2D eigenvalue weighted by molar-refractivity contribution is 0.212. The van der Waals surface area contributed by atoms with Crippen LogP contribution >= 0.6 is 11.3 Å². The van der Waals surface area contributed by atoms with E-state index in [4.69, 9.17) is 4.74 Å². The highest BCUT2D eigenvalue weighted by Crippen LogP contribution is 2.34. The molecule has 0 spiro atoms. The summed E-state index contributed by atoms with van der Waals surface area (Å²) in [5.74, 6) is 0.838. The van der Waals surface area contributed by atoms with E-state index in [9.17, 15) is 5.11 Å². The highest BCUT2D eigenvalue weighted by molar-refractivity contribution is 7.10. The van der Waals surface area contributed by atoms with Crippen molar-refractivity contribution in [2.45, 2.75) is 31.8 Å². The first kappa shape index (κ1) is 10.7. The third-order valence-electron chi connectivity index (χ3n) is 2.78. The Balaban J connectivity index is 2.12. The Kier molecular flexibility index (Phi) is 3.44. The molecule has 2 rings (SSSR count). The second-order valence-corrected chi connectivity index (χ2v) is 4.76. The number of thiophene rings is 1. The summed E-state index contributed by atoms with van der Waals surface area (Å²) < 4.78 is 5.11. The highest BCUT2D eigenvalue weighted by Gasteiger charge is 2.17. The van der Waals surface area contributed by atoms with Crippen molar-refractivity contribution < 1.29 is 9.84 Å². The summed E-state index contributed by atoms with van der Waals surface area (Å²) >= 11 is 1.56. The van der Waals surface area contributed by atoms with Gasteiger partial charge in [0.25, 0.3) is 0 Å². The molecule has 0 fully saturated rings. The average Bonchev–Trinajstić information content (AvgIpc) is 2.78. The molecule has 2 nitrogen and oxygen atoms in total. The first-order valence-corrected chi connectivity index (χ1v) is 6.18. The molecule has 0 aliphatic heterocycles. The van der Waals surface area contributed by atoms with Gasteiger partial charge >= 0.3 is 0 Å². The van der Waals surface area contributed by atoms with Crippen molar-refractivity contribution in [1.82, 2.24) is 0 Å². The normalized spacial score (nSPS) is 18.4. The van der Waals surface area contributed by atoms with Crippen molar-refractivity contribution in [3.8, 4) is 5.75 Å². The minimum Gasteiger partial charge on any atom is -0.496 e. The smallest absolute Gasteiger partial charge is 0.129 e.